The van der Waals surface area contributed by atoms with Crippen molar-refractivity contribution in [2.75, 3.05) is 42.6 Å². The Kier molecular flexibility index (Phi) is 6.14. The number of anilines is 1. The summed E-state index contributed by atoms with van der Waals surface area (Å²) >= 11 is 0. The molecule has 6 heteroatoms. The standard InChI is InChI=1S/C18H29N3O2S/c22-24(23)13-11-21(12-14-24)18-7-2-1-5-16(18)15-20-17-6-3-4-9-19-10-8-17/h1-2,5,7,17,19-20H,3-4,6,8-15H2. The van der Waals surface area contributed by atoms with E-state index in [2.05, 4.69) is 33.7 Å². The van der Waals surface area contributed by atoms with E-state index in [0.29, 0.717) is 19.1 Å². The average Bonchev–Trinajstić information content (AvgIpc) is 2.54. The summed E-state index contributed by atoms with van der Waals surface area (Å²) in [4.78, 5) is 2.22. The topological polar surface area (TPSA) is 61.4 Å². The number of benzene rings is 1. The van der Waals surface area contributed by atoms with Crippen LogP contribution in [0, 0.1) is 0 Å². The number of para-hydroxylation sites is 1. The first-order valence-corrected chi connectivity index (χ1v) is 10.9. The van der Waals surface area contributed by atoms with Gasteiger partial charge in [-0.05, 0) is 44.0 Å². The van der Waals surface area contributed by atoms with Gasteiger partial charge < -0.3 is 15.5 Å². The fourth-order valence-corrected chi connectivity index (χ4v) is 4.77. The molecule has 1 aromatic rings. The predicted molar refractivity (Wildman–Crippen MR) is 99.3 cm³/mol. The van der Waals surface area contributed by atoms with Crippen molar-refractivity contribution in [3.63, 3.8) is 0 Å². The summed E-state index contributed by atoms with van der Waals surface area (Å²) in [6.45, 7) is 4.29. The minimum atomic E-state index is -2.84. The van der Waals surface area contributed by atoms with Gasteiger partial charge in [-0.2, -0.15) is 0 Å². The van der Waals surface area contributed by atoms with Gasteiger partial charge >= 0.3 is 0 Å². The highest BCUT2D eigenvalue weighted by Gasteiger charge is 2.23. The molecule has 134 valence electrons. The van der Waals surface area contributed by atoms with Crippen LogP contribution in [0.5, 0.6) is 0 Å². The zero-order valence-electron chi connectivity index (χ0n) is 14.3. The van der Waals surface area contributed by atoms with Gasteiger partial charge in [0, 0.05) is 31.4 Å². The Bertz CT molecular complexity index is 611. The molecule has 0 bridgehead atoms. The Morgan fingerprint density at radius 3 is 2.71 bits per heavy atom. The molecule has 2 aliphatic rings. The molecule has 3 rings (SSSR count). The van der Waals surface area contributed by atoms with Crippen molar-refractivity contribution in [2.24, 2.45) is 0 Å². The fourth-order valence-electron chi connectivity index (χ4n) is 3.57. The lowest BCUT2D eigenvalue weighted by Crippen LogP contribution is -2.41. The third-order valence-corrected chi connectivity index (χ3v) is 6.69. The number of hydrogen-bond acceptors (Lipinski definition) is 5. The Labute approximate surface area is 145 Å². The van der Waals surface area contributed by atoms with Crippen LogP contribution >= 0.6 is 0 Å². The molecule has 0 aromatic heterocycles. The second-order valence-corrected chi connectivity index (χ2v) is 9.18. The van der Waals surface area contributed by atoms with E-state index in [0.717, 1.165) is 19.6 Å². The molecule has 0 aliphatic carbocycles. The van der Waals surface area contributed by atoms with Gasteiger partial charge in [0.2, 0.25) is 0 Å². The molecule has 5 nitrogen and oxygen atoms in total. The van der Waals surface area contributed by atoms with Crippen molar-refractivity contribution in [1.82, 2.24) is 10.6 Å². The molecule has 24 heavy (non-hydrogen) atoms. The maximum atomic E-state index is 11.7. The maximum absolute atomic E-state index is 11.7. The maximum Gasteiger partial charge on any atom is 0.153 e. The molecule has 0 saturated carbocycles. The zero-order chi connectivity index (χ0) is 16.8. The van der Waals surface area contributed by atoms with Gasteiger partial charge in [-0.25, -0.2) is 8.42 Å². The zero-order valence-corrected chi connectivity index (χ0v) is 15.2. The lowest BCUT2D eigenvalue weighted by Gasteiger charge is -2.31. The van der Waals surface area contributed by atoms with Crippen LogP contribution in [0.15, 0.2) is 24.3 Å². The molecule has 1 aromatic carbocycles. The van der Waals surface area contributed by atoms with E-state index >= 15 is 0 Å². The normalized spacial score (nSPS) is 25.0. The summed E-state index contributed by atoms with van der Waals surface area (Å²) < 4.78 is 23.3. The minimum Gasteiger partial charge on any atom is -0.369 e. The Hall–Kier alpha value is -1.11. The first-order valence-electron chi connectivity index (χ1n) is 9.11. The molecule has 2 saturated heterocycles. The largest absolute Gasteiger partial charge is 0.369 e. The van der Waals surface area contributed by atoms with Gasteiger partial charge in [-0.3, -0.25) is 0 Å². The monoisotopic (exact) mass is 351 g/mol. The SMILES string of the molecule is O=S1(=O)CCN(c2ccccc2CNC2CCCCNCC2)CC1. The molecule has 2 aliphatic heterocycles. The quantitative estimate of drug-likeness (QED) is 0.862. The minimum absolute atomic E-state index is 0.267. The van der Waals surface area contributed by atoms with Crippen LogP contribution < -0.4 is 15.5 Å². The summed E-state index contributed by atoms with van der Waals surface area (Å²) in [6, 6.07) is 8.96. The van der Waals surface area contributed by atoms with Crippen LogP contribution in [0.25, 0.3) is 0 Å². The van der Waals surface area contributed by atoms with Crippen molar-refractivity contribution in [3.05, 3.63) is 29.8 Å². The van der Waals surface area contributed by atoms with E-state index in [1.165, 1.54) is 36.9 Å². The number of nitrogens with zero attached hydrogens (tertiary/aromatic N) is 1. The van der Waals surface area contributed by atoms with Crippen molar-refractivity contribution in [2.45, 2.75) is 38.3 Å². The third kappa shape index (κ3) is 4.94. The second kappa shape index (κ2) is 8.32. The Morgan fingerprint density at radius 1 is 1.08 bits per heavy atom. The number of sulfone groups is 1. The van der Waals surface area contributed by atoms with E-state index in [-0.39, 0.29) is 11.5 Å². The molecule has 2 N–H and O–H groups in total. The van der Waals surface area contributed by atoms with Gasteiger partial charge in [0.25, 0.3) is 0 Å². The average molecular weight is 352 g/mol. The van der Waals surface area contributed by atoms with Crippen molar-refractivity contribution in [1.29, 1.82) is 0 Å². The lowest BCUT2D eigenvalue weighted by molar-refractivity contribution is 0.398. The number of rotatable bonds is 4. The van der Waals surface area contributed by atoms with E-state index in [4.69, 9.17) is 0 Å². The van der Waals surface area contributed by atoms with E-state index in [1.54, 1.807) is 0 Å². The Morgan fingerprint density at radius 2 is 1.88 bits per heavy atom. The van der Waals surface area contributed by atoms with Crippen LogP contribution in [-0.4, -0.2) is 52.1 Å². The number of nitrogens with one attached hydrogen (secondary N) is 2. The Balaban J connectivity index is 1.61. The second-order valence-electron chi connectivity index (χ2n) is 6.88. The molecule has 0 amide bonds. The highest BCUT2D eigenvalue weighted by atomic mass is 32.2. The predicted octanol–water partition coefficient (Wildman–Crippen LogP) is 1.54. The van der Waals surface area contributed by atoms with E-state index in [9.17, 15) is 8.42 Å². The molecular formula is C18H29N3O2S. The highest BCUT2D eigenvalue weighted by Crippen LogP contribution is 2.23. The highest BCUT2D eigenvalue weighted by molar-refractivity contribution is 7.91. The van der Waals surface area contributed by atoms with Gasteiger partial charge in [0.05, 0.1) is 11.5 Å². The summed E-state index contributed by atoms with van der Waals surface area (Å²) in [5, 5.41) is 7.20. The van der Waals surface area contributed by atoms with Crippen molar-refractivity contribution >= 4 is 15.5 Å². The van der Waals surface area contributed by atoms with Crippen LogP contribution in [0.1, 0.15) is 31.2 Å². The third-order valence-electron chi connectivity index (χ3n) is 5.08. The summed E-state index contributed by atoms with van der Waals surface area (Å²) in [5.41, 5.74) is 2.45. The smallest absolute Gasteiger partial charge is 0.153 e. The molecular weight excluding hydrogens is 322 g/mol. The van der Waals surface area contributed by atoms with Gasteiger partial charge in [-0.15, -0.1) is 0 Å². The first kappa shape index (κ1) is 17.7. The van der Waals surface area contributed by atoms with Crippen LogP contribution in [-0.2, 0) is 16.4 Å². The molecule has 0 spiro atoms. The summed E-state index contributed by atoms with van der Waals surface area (Å²) in [6.07, 6.45) is 4.95. The van der Waals surface area contributed by atoms with Gasteiger partial charge in [0.15, 0.2) is 9.84 Å². The van der Waals surface area contributed by atoms with Crippen LogP contribution in [0.4, 0.5) is 5.69 Å². The van der Waals surface area contributed by atoms with Crippen LogP contribution in [0.3, 0.4) is 0 Å². The number of hydrogen-bond donors (Lipinski definition) is 2. The van der Waals surface area contributed by atoms with Crippen molar-refractivity contribution in [3.8, 4) is 0 Å². The molecule has 2 fully saturated rings. The summed E-state index contributed by atoms with van der Waals surface area (Å²) in [5.74, 6) is 0.534. The van der Waals surface area contributed by atoms with E-state index in [1.807, 2.05) is 6.07 Å². The molecule has 2 heterocycles. The molecule has 0 radical (unpaired) electrons. The fraction of sp³-hybridized carbons (Fsp3) is 0.667. The molecule has 1 unspecified atom stereocenters. The molecule has 1 atom stereocenters. The van der Waals surface area contributed by atoms with Crippen LogP contribution in [0.2, 0.25) is 0 Å². The summed E-state index contributed by atoms with van der Waals surface area (Å²) in [7, 11) is -2.84. The van der Waals surface area contributed by atoms with Gasteiger partial charge in [-0.1, -0.05) is 24.6 Å². The van der Waals surface area contributed by atoms with Gasteiger partial charge in [0.1, 0.15) is 0 Å². The lowest BCUT2D eigenvalue weighted by atomic mass is 10.0. The van der Waals surface area contributed by atoms with Crippen molar-refractivity contribution < 1.29 is 8.42 Å². The first-order chi connectivity index (χ1) is 11.6. The van der Waals surface area contributed by atoms with E-state index < -0.39 is 9.84 Å².